The predicted molar refractivity (Wildman–Crippen MR) is 96.3 cm³/mol. The summed E-state index contributed by atoms with van der Waals surface area (Å²) in [5, 5.41) is 9.69. The van der Waals surface area contributed by atoms with E-state index in [4.69, 9.17) is 0 Å². The Hall–Kier alpha value is -0.500. The molecule has 0 spiro atoms. The van der Waals surface area contributed by atoms with Gasteiger partial charge in [-0.05, 0) is 38.1 Å². The molecular formula is C17H24N2O3S2. The molecule has 0 radical (unpaired) electrons. The smallest absolute Gasteiger partial charge is 0.236 e. The zero-order valence-corrected chi connectivity index (χ0v) is 15.6. The minimum absolute atomic E-state index is 0.119. The van der Waals surface area contributed by atoms with Gasteiger partial charge in [-0.3, -0.25) is 14.5 Å². The van der Waals surface area contributed by atoms with Gasteiger partial charge in [-0.2, -0.15) is 0 Å². The van der Waals surface area contributed by atoms with Crippen LogP contribution in [-0.2, 0) is 9.59 Å². The minimum atomic E-state index is -0.628. The summed E-state index contributed by atoms with van der Waals surface area (Å²) in [5.74, 6) is 0.675. The second-order valence-electron chi connectivity index (χ2n) is 7.42. The van der Waals surface area contributed by atoms with E-state index < -0.39 is 6.10 Å². The fraction of sp³-hybridized carbons (Fsp3) is 0.765. The highest BCUT2D eigenvalue weighted by atomic mass is 32.2. The molecule has 1 aliphatic carbocycles. The lowest BCUT2D eigenvalue weighted by molar-refractivity contribution is -0.154. The molecule has 132 valence electrons. The van der Waals surface area contributed by atoms with Crippen molar-refractivity contribution >= 4 is 35.4 Å². The van der Waals surface area contributed by atoms with Gasteiger partial charge in [0.15, 0.2) is 0 Å². The Balaban J connectivity index is 1.52. The number of carbonyl (C=O) groups excluding carboxylic acids is 2. The molecule has 4 atom stereocenters. The summed E-state index contributed by atoms with van der Waals surface area (Å²) in [4.78, 5) is 29.6. The van der Waals surface area contributed by atoms with Crippen LogP contribution in [0.4, 0.5) is 0 Å². The van der Waals surface area contributed by atoms with Gasteiger partial charge in [-0.15, -0.1) is 11.8 Å². The summed E-state index contributed by atoms with van der Waals surface area (Å²) >= 11 is 5.65. The van der Waals surface area contributed by atoms with Crippen molar-refractivity contribution in [1.29, 1.82) is 0 Å². The molecule has 0 aromatic heterocycles. The Kier molecular flexibility index (Phi) is 4.48. The largest absolute Gasteiger partial charge is 0.392 e. The summed E-state index contributed by atoms with van der Waals surface area (Å²) in [5.41, 5.74) is 0.483. The third-order valence-electron chi connectivity index (χ3n) is 5.70. The van der Waals surface area contributed by atoms with Gasteiger partial charge in [0.2, 0.25) is 11.0 Å². The first-order chi connectivity index (χ1) is 11.5. The fourth-order valence-electron chi connectivity index (χ4n) is 4.14. The predicted octanol–water partition coefficient (Wildman–Crippen LogP) is 1.69. The third kappa shape index (κ3) is 2.73. The number of thioether (sulfide) groups is 1. The lowest BCUT2D eigenvalue weighted by Gasteiger charge is -2.44. The Bertz CT molecular complexity index is 605. The van der Waals surface area contributed by atoms with E-state index in [0.29, 0.717) is 18.0 Å². The summed E-state index contributed by atoms with van der Waals surface area (Å²) in [6.45, 7) is 5.09. The van der Waals surface area contributed by atoms with Gasteiger partial charge in [-0.25, -0.2) is 0 Å². The van der Waals surface area contributed by atoms with Crippen LogP contribution in [0.3, 0.4) is 0 Å². The van der Waals surface area contributed by atoms with E-state index in [0.717, 1.165) is 30.3 Å². The van der Waals surface area contributed by atoms with Crippen molar-refractivity contribution in [3.8, 4) is 0 Å². The van der Waals surface area contributed by atoms with Crippen LogP contribution in [0.5, 0.6) is 0 Å². The number of β-lactam (4-membered cyclic amide) rings is 1. The van der Waals surface area contributed by atoms with Crippen LogP contribution in [0.2, 0.25) is 0 Å². The maximum atomic E-state index is 12.5. The average molecular weight is 369 g/mol. The molecule has 2 saturated heterocycles. The van der Waals surface area contributed by atoms with Crippen LogP contribution in [0.1, 0.15) is 32.6 Å². The molecule has 7 heteroatoms. The molecule has 0 aromatic rings. The van der Waals surface area contributed by atoms with Gasteiger partial charge in [0.05, 0.1) is 12.0 Å². The van der Waals surface area contributed by atoms with E-state index in [-0.39, 0.29) is 22.3 Å². The zero-order valence-electron chi connectivity index (χ0n) is 13.9. The number of fused-ring (bicyclic) bond motifs is 1. The van der Waals surface area contributed by atoms with Crippen LogP contribution in [0.25, 0.3) is 0 Å². The first-order valence-electron chi connectivity index (χ1n) is 8.88. The number of carbonyl (C=O) groups is 2. The lowest BCUT2D eigenvalue weighted by atomic mass is 9.89. The van der Waals surface area contributed by atoms with Crippen LogP contribution < -0.4 is 0 Å². The molecule has 4 aliphatic rings. The van der Waals surface area contributed by atoms with Gasteiger partial charge in [0, 0.05) is 23.9 Å². The molecule has 1 amide bonds. The zero-order chi connectivity index (χ0) is 17.0. The van der Waals surface area contributed by atoms with E-state index in [1.165, 1.54) is 19.4 Å². The molecule has 1 N–H and O–H groups in total. The van der Waals surface area contributed by atoms with Gasteiger partial charge in [0.25, 0.3) is 0 Å². The Morgan fingerprint density at radius 2 is 2.17 bits per heavy atom. The number of nitrogens with zero attached hydrogens (tertiary/aromatic N) is 2. The normalized spacial score (nSPS) is 34.5. The molecule has 24 heavy (non-hydrogen) atoms. The Labute approximate surface area is 152 Å². The number of likely N-dealkylation sites (tertiary alicyclic amines) is 1. The quantitative estimate of drug-likeness (QED) is 0.552. The summed E-state index contributed by atoms with van der Waals surface area (Å²) in [6.07, 6.45) is 3.66. The molecular weight excluding hydrogens is 344 g/mol. The van der Waals surface area contributed by atoms with Gasteiger partial charge >= 0.3 is 0 Å². The van der Waals surface area contributed by atoms with Gasteiger partial charge < -0.3 is 10.0 Å². The summed E-state index contributed by atoms with van der Waals surface area (Å²) in [6, 6.07) is 0. The second kappa shape index (κ2) is 6.34. The SMILES string of the molecule is CC[C@H](O)[C@@H]1C(=O)N2C(C(=O)S)=C(C3CCN(CC4CC4)C3)S[C@H]12. The maximum absolute atomic E-state index is 12.5. The number of rotatable bonds is 6. The van der Waals surface area contributed by atoms with Crippen LogP contribution in [0, 0.1) is 17.8 Å². The highest BCUT2D eigenvalue weighted by molar-refractivity contribution is 8.04. The molecule has 3 fully saturated rings. The maximum Gasteiger partial charge on any atom is 0.236 e. The van der Waals surface area contributed by atoms with Crippen molar-refractivity contribution in [2.75, 3.05) is 19.6 Å². The molecule has 1 saturated carbocycles. The highest BCUT2D eigenvalue weighted by Crippen LogP contribution is 2.54. The molecule has 1 unspecified atom stereocenters. The number of aliphatic hydroxyl groups excluding tert-OH is 1. The van der Waals surface area contributed by atoms with E-state index in [2.05, 4.69) is 17.5 Å². The second-order valence-corrected chi connectivity index (χ2v) is 8.99. The van der Waals surface area contributed by atoms with E-state index in [1.54, 1.807) is 16.7 Å². The molecule has 0 aromatic carbocycles. The first kappa shape index (κ1) is 16.9. The molecule has 3 heterocycles. The van der Waals surface area contributed by atoms with Crippen LogP contribution in [0.15, 0.2) is 10.6 Å². The monoisotopic (exact) mass is 368 g/mol. The molecule has 4 rings (SSSR count). The standard InChI is InChI=1S/C17H24N2O3S2/c1-2-11(20)12-15(21)19-13(17(22)23)14(24-16(12)19)10-5-6-18(8-10)7-9-3-4-9/h9-12,16,20H,2-8H2,1H3,(H,22,23)/t10?,11-,12+,16+/m0/s1. The van der Waals surface area contributed by atoms with Crippen molar-refractivity contribution in [2.45, 2.75) is 44.1 Å². The van der Waals surface area contributed by atoms with Crippen molar-refractivity contribution in [3.63, 3.8) is 0 Å². The van der Waals surface area contributed by atoms with Crippen molar-refractivity contribution in [1.82, 2.24) is 9.80 Å². The highest BCUT2D eigenvalue weighted by Gasteiger charge is 2.58. The van der Waals surface area contributed by atoms with E-state index in [1.807, 2.05) is 6.92 Å². The van der Waals surface area contributed by atoms with Crippen LogP contribution >= 0.6 is 24.4 Å². The Morgan fingerprint density at radius 1 is 1.42 bits per heavy atom. The van der Waals surface area contributed by atoms with Gasteiger partial charge in [-0.1, -0.05) is 19.6 Å². The van der Waals surface area contributed by atoms with Crippen molar-refractivity contribution < 1.29 is 14.7 Å². The third-order valence-corrected chi connectivity index (χ3v) is 7.44. The fourth-order valence-corrected chi connectivity index (χ4v) is 6.15. The average Bonchev–Trinajstić information content (AvgIpc) is 3.11. The Morgan fingerprint density at radius 3 is 2.79 bits per heavy atom. The topological polar surface area (TPSA) is 60.9 Å². The van der Waals surface area contributed by atoms with E-state index in [9.17, 15) is 14.7 Å². The number of aliphatic hydroxyl groups is 1. The molecule has 5 nitrogen and oxygen atoms in total. The number of thiol groups is 1. The molecule has 3 aliphatic heterocycles. The summed E-state index contributed by atoms with van der Waals surface area (Å²) in [7, 11) is 0. The van der Waals surface area contributed by atoms with Crippen LogP contribution in [-0.4, -0.2) is 57.0 Å². The van der Waals surface area contributed by atoms with Gasteiger partial charge in [0.1, 0.15) is 11.1 Å². The number of hydrogen-bond acceptors (Lipinski definition) is 5. The van der Waals surface area contributed by atoms with Crippen molar-refractivity contribution in [2.24, 2.45) is 17.8 Å². The first-order valence-corrected chi connectivity index (χ1v) is 10.2. The molecule has 0 bridgehead atoms. The summed E-state index contributed by atoms with van der Waals surface area (Å²) < 4.78 is 0. The number of amides is 1. The minimum Gasteiger partial charge on any atom is -0.392 e. The van der Waals surface area contributed by atoms with Crippen molar-refractivity contribution in [3.05, 3.63) is 10.6 Å². The number of hydrogen-bond donors (Lipinski definition) is 2. The lowest BCUT2D eigenvalue weighted by Crippen LogP contribution is -2.61. The van der Waals surface area contributed by atoms with E-state index >= 15 is 0 Å².